The molecule has 1 amide bonds. The van der Waals surface area contributed by atoms with Crippen LogP contribution in [0.1, 0.15) is 26.7 Å². The SMILES string of the molecule is CCN1CCN(C(=O)C(C)C2CCN(S(=O)(=O)c3ccc(Cl)s3)CC2)CC1. The molecule has 0 spiro atoms. The van der Waals surface area contributed by atoms with E-state index in [-0.39, 0.29) is 17.7 Å². The lowest BCUT2D eigenvalue weighted by Crippen LogP contribution is -2.51. The minimum Gasteiger partial charge on any atom is -0.340 e. The first-order valence-corrected chi connectivity index (χ1v) is 12.2. The minimum atomic E-state index is -3.47. The molecule has 6 nitrogen and oxygen atoms in total. The molecule has 1 aromatic rings. The van der Waals surface area contributed by atoms with Gasteiger partial charge in [0.15, 0.2) is 0 Å². The van der Waals surface area contributed by atoms with E-state index in [1.807, 2.05) is 11.8 Å². The molecule has 0 saturated carbocycles. The van der Waals surface area contributed by atoms with Crippen molar-refractivity contribution in [1.82, 2.24) is 14.1 Å². The van der Waals surface area contributed by atoms with Crippen LogP contribution in [0.4, 0.5) is 0 Å². The molecule has 1 atom stereocenters. The third-order valence-corrected chi connectivity index (χ3v) is 9.47. The standard InChI is InChI=1S/C18H28ClN3O3S2/c1-3-20-10-12-21(13-11-20)18(23)14(2)15-6-8-22(9-7-15)27(24,25)17-5-4-16(19)26-17/h4-5,14-15H,3,6-13H2,1-2H3. The number of thiophene rings is 1. The summed E-state index contributed by atoms with van der Waals surface area (Å²) < 4.78 is 27.7. The molecule has 2 fully saturated rings. The number of carbonyl (C=O) groups excluding carboxylic acids is 1. The van der Waals surface area contributed by atoms with Gasteiger partial charge in [-0.2, -0.15) is 4.31 Å². The quantitative estimate of drug-likeness (QED) is 0.716. The molecule has 9 heteroatoms. The zero-order chi connectivity index (χ0) is 19.6. The lowest BCUT2D eigenvalue weighted by Gasteiger charge is -2.38. The van der Waals surface area contributed by atoms with Gasteiger partial charge in [-0.1, -0.05) is 25.4 Å². The van der Waals surface area contributed by atoms with E-state index >= 15 is 0 Å². The van der Waals surface area contributed by atoms with E-state index < -0.39 is 10.0 Å². The highest BCUT2D eigenvalue weighted by Gasteiger charge is 2.35. The Hall–Kier alpha value is -0.670. The van der Waals surface area contributed by atoms with Crippen molar-refractivity contribution in [1.29, 1.82) is 0 Å². The fourth-order valence-electron chi connectivity index (χ4n) is 3.95. The summed E-state index contributed by atoms with van der Waals surface area (Å²) in [5.74, 6) is 0.399. The fourth-order valence-corrected chi connectivity index (χ4v) is 7.06. The summed E-state index contributed by atoms with van der Waals surface area (Å²) in [6.45, 7) is 9.57. The minimum absolute atomic E-state index is 0.0563. The van der Waals surface area contributed by atoms with Crippen LogP contribution in [0.15, 0.2) is 16.3 Å². The molecule has 27 heavy (non-hydrogen) atoms. The van der Waals surface area contributed by atoms with E-state index in [2.05, 4.69) is 11.8 Å². The van der Waals surface area contributed by atoms with E-state index in [1.54, 1.807) is 12.1 Å². The van der Waals surface area contributed by atoms with Gasteiger partial charge in [-0.3, -0.25) is 4.79 Å². The summed E-state index contributed by atoms with van der Waals surface area (Å²) in [5, 5.41) is 0. The number of hydrogen-bond donors (Lipinski definition) is 0. The van der Waals surface area contributed by atoms with Crippen molar-refractivity contribution in [2.24, 2.45) is 11.8 Å². The number of carbonyl (C=O) groups is 1. The van der Waals surface area contributed by atoms with Crippen molar-refractivity contribution in [3.8, 4) is 0 Å². The van der Waals surface area contributed by atoms with E-state index in [9.17, 15) is 13.2 Å². The molecule has 3 rings (SSSR count). The Balaban J connectivity index is 1.55. The van der Waals surface area contributed by atoms with Crippen molar-refractivity contribution in [3.05, 3.63) is 16.5 Å². The van der Waals surface area contributed by atoms with Gasteiger partial charge in [0, 0.05) is 45.2 Å². The first-order valence-electron chi connectivity index (χ1n) is 9.59. The first-order chi connectivity index (χ1) is 12.8. The molecule has 1 unspecified atom stereocenters. The zero-order valence-electron chi connectivity index (χ0n) is 15.9. The van der Waals surface area contributed by atoms with Gasteiger partial charge >= 0.3 is 0 Å². The molecule has 152 valence electrons. The van der Waals surface area contributed by atoms with Gasteiger partial charge in [-0.25, -0.2) is 8.42 Å². The highest BCUT2D eigenvalue weighted by Crippen LogP contribution is 2.32. The van der Waals surface area contributed by atoms with Gasteiger partial charge in [-0.15, -0.1) is 11.3 Å². The highest BCUT2D eigenvalue weighted by molar-refractivity contribution is 7.91. The Kier molecular flexibility index (Phi) is 6.84. The van der Waals surface area contributed by atoms with Crippen LogP contribution in [0.25, 0.3) is 0 Å². The van der Waals surface area contributed by atoms with Crippen LogP contribution in [0.5, 0.6) is 0 Å². The molecule has 3 heterocycles. The van der Waals surface area contributed by atoms with Crippen LogP contribution in [0, 0.1) is 11.8 Å². The lowest BCUT2D eigenvalue weighted by molar-refractivity contribution is -0.139. The van der Waals surface area contributed by atoms with Crippen LogP contribution in [0.3, 0.4) is 0 Å². The van der Waals surface area contributed by atoms with Gasteiger partial charge in [0.2, 0.25) is 5.91 Å². The number of sulfonamides is 1. The monoisotopic (exact) mass is 433 g/mol. The number of likely N-dealkylation sites (N-methyl/N-ethyl adjacent to an activating group) is 1. The normalized spacial score (nSPS) is 22.1. The predicted molar refractivity (Wildman–Crippen MR) is 109 cm³/mol. The van der Waals surface area contributed by atoms with E-state index in [1.165, 1.54) is 4.31 Å². The van der Waals surface area contributed by atoms with Crippen molar-refractivity contribution in [3.63, 3.8) is 0 Å². The number of piperazine rings is 1. The summed E-state index contributed by atoms with van der Waals surface area (Å²) in [5.41, 5.74) is 0. The summed E-state index contributed by atoms with van der Waals surface area (Å²) in [7, 11) is -3.47. The first kappa shape index (κ1) is 21.0. The van der Waals surface area contributed by atoms with Gasteiger partial charge in [0.1, 0.15) is 4.21 Å². The number of nitrogens with zero attached hydrogens (tertiary/aromatic N) is 3. The van der Waals surface area contributed by atoms with Crippen LogP contribution in [-0.2, 0) is 14.8 Å². The van der Waals surface area contributed by atoms with E-state index in [0.717, 1.165) is 56.9 Å². The van der Waals surface area contributed by atoms with Crippen molar-refractivity contribution >= 4 is 38.9 Å². The third kappa shape index (κ3) is 4.67. The summed E-state index contributed by atoms with van der Waals surface area (Å²) in [6, 6.07) is 3.18. The van der Waals surface area contributed by atoms with Crippen LogP contribution in [0.2, 0.25) is 4.34 Å². The van der Waals surface area contributed by atoms with Gasteiger partial charge in [0.25, 0.3) is 10.0 Å². The molecular formula is C18H28ClN3O3S2. The van der Waals surface area contributed by atoms with Crippen molar-refractivity contribution < 1.29 is 13.2 Å². The molecule has 0 aromatic carbocycles. The smallest absolute Gasteiger partial charge is 0.252 e. The Bertz CT molecular complexity index is 752. The second-order valence-electron chi connectivity index (χ2n) is 7.35. The Labute approximate surface area is 171 Å². The summed E-state index contributed by atoms with van der Waals surface area (Å²) in [6.07, 6.45) is 1.44. The topological polar surface area (TPSA) is 60.9 Å². The number of amides is 1. The highest BCUT2D eigenvalue weighted by atomic mass is 35.5. The van der Waals surface area contributed by atoms with Gasteiger partial charge < -0.3 is 9.80 Å². The Morgan fingerprint density at radius 1 is 1.19 bits per heavy atom. The summed E-state index contributed by atoms with van der Waals surface area (Å²) >= 11 is 6.98. The van der Waals surface area contributed by atoms with E-state index in [0.29, 0.717) is 21.6 Å². The predicted octanol–water partition coefficient (Wildman–Crippen LogP) is 2.60. The number of hydrogen-bond acceptors (Lipinski definition) is 5. The maximum absolute atomic E-state index is 12.9. The molecule has 2 aliphatic heterocycles. The maximum Gasteiger partial charge on any atom is 0.252 e. The fraction of sp³-hybridized carbons (Fsp3) is 0.722. The molecule has 2 aliphatic rings. The summed E-state index contributed by atoms with van der Waals surface area (Å²) in [4.78, 5) is 17.2. The number of rotatable bonds is 5. The molecule has 0 aliphatic carbocycles. The van der Waals surface area contributed by atoms with E-state index in [4.69, 9.17) is 11.6 Å². The average molecular weight is 434 g/mol. The Morgan fingerprint density at radius 2 is 1.81 bits per heavy atom. The molecule has 2 saturated heterocycles. The van der Waals surface area contributed by atoms with Crippen molar-refractivity contribution in [2.45, 2.75) is 30.9 Å². The zero-order valence-corrected chi connectivity index (χ0v) is 18.3. The molecule has 0 N–H and O–H groups in total. The average Bonchev–Trinajstić information content (AvgIpc) is 3.14. The number of halogens is 1. The molecule has 0 radical (unpaired) electrons. The Morgan fingerprint density at radius 3 is 2.33 bits per heavy atom. The maximum atomic E-state index is 12.9. The van der Waals surface area contributed by atoms with Gasteiger partial charge in [-0.05, 0) is 37.4 Å². The van der Waals surface area contributed by atoms with Crippen molar-refractivity contribution in [2.75, 3.05) is 45.8 Å². The second-order valence-corrected chi connectivity index (χ2v) is 11.2. The second kappa shape index (κ2) is 8.78. The van der Waals surface area contributed by atoms with Crippen LogP contribution >= 0.6 is 22.9 Å². The molecule has 1 aromatic heterocycles. The third-order valence-electron chi connectivity index (χ3n) is 5.87. The number of piperidine rings is 1. The molecular weight excluding hydrogens is 406 g/mol. The van der Waals surface area contributed by atoms with Crippen LogP contribution < -0.4 is 0 Å². The van der Waals surface area contributed by atoms with Crippen LogP contribution in [-0.4, -0.2) is 74.2 Å². The largest absolute Gasteiger partial charge is 0.340 e. The lowest BCUT2D eigenvalue weighted by atomic mass is 9.85. The molecule has 0 bridgehead atoms. The van der Waals surface area contributed by atoms with Gasteiger partial charge in [0.05, 0.1) is 4.34 Å².